The van der Waals surface area contributed by atoms with E-state index in [2.05, 4.69) is 0 Å². The number of benzene rings is 3. The molecule has 8 heteroatoms. The zero-order chi connectivity index (χ0) is 27.6. The molecule has 0 atom stereocenters. The Morgan fingerprint density at radius 1 is 0.921 bits per heavy atom. The molecule has 3 aromatic carbocycles. The number of aliphatic hydroxyl groups excluding tert-OH is 1. The highest BCUT2D eigenvalue weighted by atomic mass is 19.4. The van der Waals surface area contributed by atoms with Gasteiger partial charge < -0.3 is 5.11 Å². The minimum absolute atomic E-state index is 0.00202. The molecule has 0 bridgehead atoms. The molecular formula is C30H29F4NO3. The monoisotopic (exact) mass is 527 g/mol. The third-order valence-electron chi connectivity index (χ3n) is 6.96. The van der Waals surface area contributed by atoms with Crippen LogP contribution in [0.5, 0.6) is 0 Å². The van der Waals surface area contributed by atoms with E-state index in [1.807, 2.05) is 19.9 Å². The van der Waals surface area contributed by atoms with Crippen molar-refractivity contribution >= 4 is 11.8 Å². The van der Waals surface area contributed by atoms with Gasteiger partial charge in [0.25, 0.3) is 0 Å². The predicted molar refractivity (Wildman–Crippen MR) is 136 cm³/mol. The van der Waals surface area contributed by atoms with Gasteiger partial charge >= 0.3 is 6.18 Å². The molecule has 2 amide bonds. The van der Waals surface area contributed by atoms with E-state index < -0.39 is 24.2 Å². The number of carbonyl (C=O) groups excluding carboxylic acids is 2. The highest BCUT2D eigenvalue weighted by molar-refractivity contribution is 5.97. The number of hydrogen-bond acceptors (Lipinski definition) is 3. The van der Waals surface area contributed by atoms with Crippen LogP contribution in [0.4, 0.5) is 17.6 Å². The number of hydrogen-bond donors (Lipinski definition) is 1. The van der Waals surface area contributed by atoms with Crippen molar-refractivity contribution in [3.63, 3.8) is 0 Å². The first-order valence-corrected chi connectivity index (χ1v) is 12.5. The number of carbonyl (C=O) groups is 2. The molecule has 1 heterocycles. The number of imide groups is 1. The molecule has 0 radical (unpaired) electrons. The van der Waals surface area contributed by atoms with Gasteiger partial charge in [0, 0.05) is 12.8 Å². The number of amides is 2. The Morgan fingerprint density at radius 3 is 2.05 bits per heavy atom. The predicted octanol–water partition coefficient (Wildman–Crippen LogP) is 6.76. The van der Waals surface area contributed by atoms with Crippen LogP contribution in [0.1, 0.15) is 72.4 Å². The maximum Gasteiger partial charge on any atom is 0.416 e. The summed E-state index contributed by atoms with van der Waals surface area (Å²) in [6.07, 6.45) is -3.13. The van der Waals surface area contributed by atoms with Crippen molar-refractivity contribution in [2.75, 3.05) is 0 Å². The van der Waals surface area contributed by atoms with Gasteiger partial charge in [-0.1, -0.05) is 44.2 Å². The van der Waals surface area contributed by atoms with E-state index in [-0.39, 0.29) is 43.5 Å². The quantitative estimate of drug-likeness (QED) is 0.273. The summed E-state index contributed by atoms with van der Waals surface area (Å²) in [4.78, 5) is 26.3. The van der Waals surface area contributed by atoms with Crippen molar-refractivity contribution in [2.24, 2.45) is 0 Å². The maximum absolute atomic E-state index is 13.8. The average molecular weight is 528 g/mol. The molecule has 38 heavy (non-hydrogen) atoms. The van der Waals surface area contributed by atoms with E-state index in [1.165, 1.54) is 29.2 Å². The van der Waals surface area contributed by atoms with Crippen molar-refractivity contribution in [1.82, 2.24) is 4.90 Å². The van der Waals surface area contributed by atoms with E-state index in [4.69, 9.17) is 0 Å². The number of nitrogens with zero attached hydrogens (tertiary/aromatic N) is 1. The number of halogens is 4. The molecule has 1 fully saturated rings. The number of rotatable bonds is 7. The summed E-state index contributed by atoms with van der Waals surface area (Å²) < 4.78 is 53.2. The highest BCUT2D eigenvalue weighted by Gasteiger charge is 2.31. The van der Waals surface area contributed by atoms with Crippen LogP contribution in [-0.2, 0) is 35.3 Å². The van der Waals surface area contributed by atoms with Gasteiger partial charge in [-0.2, -0.15) is 13.2 Å². The van der Waals surface area contributed by atoms with E-state index in [9.17, 15) is 32.3 Å². The van der Waals surface area contributed by atoms with Gasteiger partial charge in [-0.15, -0.1) is 0 Å². The fourth-order valence-electron chi connectivity index (χ4n) is 5.00. The third-order valence-corrected chi connectivity index (χ3v) is 6.96. The lowest BCUT2D eigenvalue weighted by molar-refractivity contribution is -0.148. The smallest absolute Gasteiger partial charge is 0.392 e. The van der Waals surface area contributed by atoms with Crippen LogP contribution >= 0.6 is 0 Å². The summed E-state index contributed by atoms with van der Waals surface area (Å²) >= 11 is 0. The SMILES string of the molecule is CC(C)c1cc(CN2C(=O)CCCC2=O)c(CO)c(-c2ccc(F)cc2)c1Cc1ccc(C(F)(F)F)cc1. The highest BCUT2D eigenvalue weighted by Crippen LogP contribution is 2.39. The van der Waals surface area contributed by atoms with Gasteiger partial charge in [0.1, 0.15) is 5.82 Å². The molecule has 3 aromatic rings. The fraction of sp³-hybridized carbons (Fsp3) is 0.333. The van der Waals surface area contributed by atoms with E-state index in [0.29, 0.717) is 34.2 Å². The normalized spacial score (nSPS) is 14.5. The Morgan fingerprint density at radius 2 is 1.53 bits per heavy atom. The van der Waals surface area contributed by atoms with Gasteiger partial charge in [-0.3, -0.25) is 14.5 Å². The Labute approximate surface area is 218 Å². The lowest BCUT2D eigenvalue weighted by Gasteiger charge is -2.29. The zero-order valence-corrected chi connectivity index (χ0v) is 21.2. The van der Waals surface area contributed by atoms with Crippen LogP contribution in [0.25, 0.3) is 11.1 Å². The summed E-state index contributed by atoms with van der Waals surface area (Å²) in [7, 11) is 0. The largest absolute Gasteiger partial charge is 0.416 e. The van der Waals surface area contributed by atoms with Gasteiger partial charge in [-0.05, 0) is 82.0 Å². The summed E-state index contributed by atoms with van der Waals surface area (Å²) in [5, 5.41) is 10.5. The first-order valence-electron chi connectivity index (χ1n) is 12.5. The molecular weight excluding hydrogens is 498 g/mol. The number of piperidine rings is 1. The fourth-order valence-corrected chi connectivity index (χ4v) is 5.00. The van der Waals surface area contributed by atoms with Gasteiger partial charge in [0.2, 0.25) is 11.8 Å². The first kappa shape index (κ1) is 27.5. The average Bonchev–Trinajstić information content (AvgIpc) is 2.86. The van der Waals surface area contributed by atoms with Crippen molar-refractivity contribution in [2.45, 2.75) is 64.8 Å². The third kappa shape index (κ3) is 5.80. The molecule has 1 N–H and O–H groups in total. The second-order valence-electron chi connectivity index (χ2n) is 9.88. The van der Waals surface area contributed by atoms with Gasteiger partial charge in [-0.25, -0.2) is 4.39 Å². The number of alkyl halides is 3. The molecule has 1 aliphatic rings. The molecule has 0 aliphatic carbocycles. The van der Waals surface area contributed by atoms with E-state index in [1.54, 1.807) is 12.1 Å². The van der Waals surface area contributed by atoms with Crippen LogP contribution < -0.4 is 0 Å². The summed E-state index contributed by atoms with van der Waals surface area (Å²) in [6.45, 7) is 3.54. The number of likely N-dealkylation sites (tertiary alicyclic amines) is 1. The summed E-state index contributed by atoms with van der Waals surface area (Å²) in [6, 6.07) is 12.6. The second kappa shape index (κ2) is 11.1. The molecule has 1 aliphatic heterocycles. The van der Waals surface area contributed by atoms with Crippen LogP contribution in [0, 0.1) is 5.82 Å². The Kier molecular flexibility index (Phi) is 8.02. The van der Waals surface area contributed by atoms with Crippen molar-refractivity contribution in [3.8, 4) is 11.1 Å². The first-order chi connectivity index (χ1) is 18.0. The molecule has 0 spiro atoms. The van der Waals surface area contributed by atoms with Crippen molar-refractivity contribution < 1.29 is 32.3 Å². The van der Waals surface area contributed by atoms with E-state index in [0.717, 1.165) is 23.3 Å². The van der Waals surface area contributed by atoms with Gasteiger partial charge in [0.15, 0.2) is 0 Å². The van der Waals surface area contributed by atoms with Crippen LogP contribution in [0.3, 0.4) is 0 Å². The van der Waals surface area contributed by atoms with Crippen molar-refractivity contribution in [3.05, 3.63) is 93.8 Å². The van der Waals surface area contributed by atoms with Crippen LogP contribution in [-0.4, -0.2) is 21.8 Å². The summed E-state index contributed by atoms with van der Waals surface area (Å²) in [5.74, 6) is -1.01. The van der Waals surface area contributed by atoms with Crippen LogP contribution in [0.2, 0.25) is 0 Å². The Bertz CT molecular complexity index is 1310. The van der Waals surface area contributed by atoms with Crippen molar-refractivity contribution in [1.29, 1.82) is 0 Å². The maximum atomic E-state index is 13.8. The minimum Gasteiger partial charge on any atom is -0.392 e. The molecule has 0 saturated carbocycles. The Hall–Kier alpha value is -3.52. The lowest BCUT2D eigenvalue weighted by atomic mass is 9.81. The molecule has 4 rings (SSSR count). The molecule has 0 unspecified atom stereocenters. The zero-order valence-electron chi connectivity index (χ0n) is 21.2. The van der Waals surface area contributed by atoms with Crippen LogP contribution in [0.15, 0.2) is 54.6 Å². The molecule has 200 valence electrons. The molecule has 0 aromatic heterocycles. The topological polar surface area (TPSA) is 57.6 Å². The summed E-state index contributed by atoms with van der Waals surface area (Å²) in [5.41, 5.74) is 3.91. The number of aliphatic hydroxyl groups is 1. The standard InChI is InChI=1S/C30H29F4NO3/c1-18(2)24-15-21(16-35-27(37)4-3-5-28(35)38)26(17-36)29(20-8-12-23(31)13-9-20)25(24)14-19-6-10-22(11-7-19)30(32,33)34/h6-13,15,18,36H,3-5,14,16-17H2,1-2H3. The van der Waals surface area contributed by atoms with Gasteiger partial charge in [0.05, 0.1) is 18.7 Å². The molecule has 1 saturated heterocycles. The second-order valence-corrected chi connectivity index (χ2v) is 9.88. The lowest BCUT2D eigenvalue weighted by Crippen LogP contribution is -2.39. The van der Waals surface area contributed by atoms with E-state index >= 15 is 0 Å². The Balaban J connectivity index is 1.90. The minimum atomic E-state index is -4.45. The molecule has 4 nitrogen and oxygen atoms in total.